The minimum Gasteiger partial charge on any atom is -0.396 e. The van der Waals surface area contributed by atoms with Crippen LogP contribution in [0.15, 0.2) is 23.8 Å². The van der Waals surface area contributed by atoms with Crippen LogP contribution in [0.25, 0.3) is 0 Å². The third kappa shape index (κ3) is 1.75. The summed E-state index contributed by atoms with van der Waals surface area (Å²) in [5, 5.41) is 18.3. The average molecular weight is 354 g/mol. The highest BCUT2D eigenvalue weighted by molar-refractivity contribution is 5.94. The van der Waals surface area contributed by atoms with Gasteiger partial charge in [0, 0.05) is 23.7 Å². The zero-order valence-corrected chi connectivity index (χ0v) is 15.8. The molecule has 3 nitrogen and oxygen atoms in total. The average Bonchev–Trinajstić information content (AvgIpc) is 3.19. The Morgan fingerprint density at radius 1 is 1.23 bits per heavy atom. The number of nitrogens with one attached hydrogen (secondary N) is 1. The van der Waals surface area contributed by atoms with Gasteiger partial charge < -0.3 is 15.3 Å². The Labute approximate surface area is 156 Å². The van der Waals surface area contributed by atoms with E-state index in [0.29, 0.717) is 5.92 Å². The Morgan fingerprint density at radius 3 is 2.88 bits per heavy atom. The fourth-order valence-corrected chi connectivity index (χ4v) is 8.61. The molecule has 3 heteroatoms. The first-order chi connectivity index (χ1) is 12.6. The standard InChI is InChI=1S/C23H31NO2/c1-22-7-5-16-15-4-3-14(24)10-17(15)13(12-25)9-18(16)21(22)19-11-20(19)23(22)6-2-8-26-23/h2,6,10,13,15-16,18-21,24-25H,3-5,7-9,11-12H2,1H3/t13?,15-,16?,18?,19?,20?,21?,22+,23+/m1/s1. The zero-order chi connectivity index (χ0) is 17.7. The Kier molecular flexibility index (Phi) is 3.16. The molecule has 0 aromatic heterocycles. The van der Waals surface area contributed by atoms with Gasteiger partial charge in [-0.15, -0.1) is 0 Å². The number of rotatable bonds is 1. The van der Waals surface area contributed by atoms with Crippen LogP contribution < -0.4 is 0 Å². The lowest BCUT2D eigenvalue weighted by Gasteiger charge is -2.58. The lowest BCUT2D eigenvalue weighted by molar-refractivity contribution is -0.134. The molecular formula is C23H31NO2. The Morgan fingerprint density at radius 2 is 2.12 bits per heavy atom. The second-order valence-corrected chi connectivity index (χ2v) is 10.3. The molecular weight excluding hydrogens is 322 g/mol. The summed E-state index contributed by atoms with van der Waals surface area (Å²) in [5.41, 5.74) is 2.51. The monoisotopic (exact) mass is 353 g/mol. The molecule has 1 aliphatic heterocycles. The van der Waals surface area contributed by atoms with Gasteiger partial charge in [-0.05, 0) is 80.1 Å². The van der Waals surface area contributed by atoms with Gasteiger partial charge in [0.1, 0.15) is 0 Å². The molecule has 4 fully saturated rings. The first-order valence-electron chi connectivity index (χ1n) is 10.8. The molecule has 0 aromatic carbocycles. The van der Waals surface area contributed by atoms with Crippen molar-refractivity contribution in [1.82, 2.24) is 0 Å². The predicted octanol–water partition coefficient (Wildman–Crippen LogP) is 3.98. The van der Waals surface area contributed by atoms with Crippen molar-refractivity contribution in [3.05, 3.63) is 23.8 Å². The molecule has 0 bridgehead atoms. The van der Waals surface area contributed by atoms with E-state index in [0.717, 1.165) is 61.2 Å². The minimum absolute atomic E-state index is 0.0207. The van der Waals surface area contributed by atoms with E-state index in [1.165, 1.54) is 24.8 Å². The van der Waals surface area contributed by atoms with E-state index >= 15 is 0 Å². The van der Waals surface area contributed by atoms with Gasteiger partial charge in [-0.2, -0.15) is 0 Å². The fraction of sp³-hybridized carbons (Fsp3) is 0.783. The molecule has 0 saturated heterocycles. The quantitative estimate of drug-likeness (QED) is 0.701. The summed E-state index contributed by atoms with van der Waals surface area (Å²) in [6, 6.07) is 0. The molecule has 9 atom stereocenters. The molecule has 0 aromatic rings. The Balaban J connectivity index is 1.40. The number of hydrogen-bond donors (Lipinski definition) is 2. The summed E-state index contributed by atoms with van der Waals surface area (Å²) in [6.07, 6.45) is 14.0. The molecule has 6 rings (SSSR count). The van der Waals surface area contributed by atoms with E-state index in [2.05, 4.69) is 25.2 Å². The van der Waals surface area contributed by atoms with Crippen molar-refractivity contribution in [2.24, 2.45) is 46.8 Å². The molecule has 1 spiro atoms. The SMILES string of the molecule is C[C@]12CCC3C(CC(CO)C4=CC(=N)CC[C@@H]43)C1C1CC1[C@@]21C=CCO1. The third-order valence-corrected chi connectivity index (χ3v) is 9.53. The van der Waals surface area contributed by atoms with E-state index in [1.54, 1.807) is 0 Å². The highest BCUT2D eigenvalue weighted by Crippen LogP contribution is 2.77. The summed E-state index contributed by atoms with van der Waals surface area (Å²) in [7, 11) is 0. The van der Waals surface area contributed by atoms with Crippen molar-refractivity contribution < 1.29 is 9.84 Å². The number of aliphatic hydroxyl groups is 1. The summed E-state index contributed by atoms with van der Waals surface area (Å²) < 4.78 is 6.48. The minimum atomic E-state index is 0.0207. The summed E-state index contributed by atoms with van der Waals surface area (Å²) >= 11 is 0. The van der Waals surface area contributed by atoms with E-state index in [1.807, 2.05) is 0 Å². The van der Waals surface area contributed by atoms with Gasteiger partial charge in [0.2, 0.25) is 0 Å². The van der Waals surface area contributed by atoms with Gasteiger partial charge in [0.15, 0.2) is 0 Å². The first kappa shape index (κ1) is 16.1. The highest BCUT2D eigenvalue weighted by Gasteiger charge is 2.76. The van der Waals surface area contributed by atoms with Crippen LogP contribution in [0.2, 0.25) is 0 Å². The van der Waals surface area contributed by atoms with E-state index < -0.39 is 0 Å². The van der Waals surface area contributed by atoms with Crippen molar-refractivity contribution in [2.75, 3.05) is 13.2 Å². The Hall–Kier alpha value is -0.930. The molecule has 26 heavy (non-hydrogen) atoms. The summed E-state index contributed by atoms with van der Waals surface area (Å²) in [4.78, 5) is 0. The van der Waals surface area contributed by atoms with Crippen LogP contribution in [0, 0.1) is 52.2 Å². The van der Waals surface area contributed by atoms with Gasteiger partial charge in [-0.3, -0.25) is 0 Å². The van der Waals surface area contributed by atoms with Crippen LogP contribution in [0.5, 0.6) is 0 Å². The number of hydrogen-bond acceptors (Lipinski definition) is 3. The van der Waals surface area contributed by atoms with E-state index in [-0.39, 0.29) is 23.5 Å². The zero-order valence-electron chi connectivity index (χ0n) is 15.8. The summed E-state index contributed by atoms with van der Waals surface area (Å²) in [5.74, 6) is 4.80. The first-order valence-corrected chi connectivity index (χ1v) is 10.8. The van der Waals surface area contributed by atoms with Crippen molar-refractivity contribution >= 4 is 5.71 Å². The molecule has 0 radical (unpaired) electrons. The molecule has 6 unspecified atom stereocenters. The van der Waals surface area contributed by atoms with Gasteiger partial charge in [0.05, 0.1) is 12.2 Å². The van der Waals surface area contributed by atoms with Gasteiger partial charge in [0.25, 0.3) is 0 Å². The number of fused-ring (bicyclic) bond motifs is 9. The normalized spacial score (nSPS) is 56.6. The van der Waals surface area contributed by atoms with Crippen LogP contribution in [-0.4, -0.2) is 29.6 Å². The maximum atomic E-state index is 10.1. The molecule has 0 amide bonds. The van der Waals surface area contributed by atoms with Crippen LogP contribution >= 0.6 is 0 Å². The van der Waals surface area contributed by atoms with E-state index in [4.69, 9.17) is 10.1 Å². The molecule has 5 aliphatic carbocycles. The number of allylic oxidation sites excluding steroid dienone is 1. The summed E-state index contributed by atoms with van der Waals surface area (Å²) in [6.45, 7) is 3.60. The lowest BCUT2D eigenvalue weighted by atomic mass is 9.48. The van der Waals surface area contributed by atoms with Crippen molar-refractivity contribution in [1.29, 1.82) is 5.41 Å². The van der Waals surface area contributed by atoms with Gasteiger partial charge >= 0.3 is 0 Å². The molecule has 140 valence electrons. The van der Waals surface area contributed by atoms with Gasteiger partial charge in [-0.1, -0.05) is 24.6 Å². The van der Waals surface area contributed by atoms with Crippen molar-refractivity contribution in [3.63, 3.8) is 0 Å². The lowest BCUT2D eigenvalue weighted by Crippen LogP contribution is -2.55. The molecule has 4 saturated carbocycles. The van der Waals surface area contributed by atoms with Crippen LogP contribution in [0.3, 0.4) is 0 Å². The third-order valence-electron chi connectivity index (χ3n) is 9.53. The maximum absolute atomic E-state index is 10.1. The number of ether oxygens (including phenoxy) is 1. The fourth-order valence-electron chi connectivity index (χ4n) is 8.61. The largest absolute Gasteiger partial charge is 0.396 e. The van der Waals surface area contributed by atoms with E-state index in [9.17, 15) is 5.11 Å². The van der Waals surface area contributed by atoms with Crippen molar-refractivity contribution in [3.8, 4) is 0 Å². The maximum Gasteiger partial charge on any atom is 0.0954 e. The number of aliphatic hydroxyl groups excluding tert-OH is 1. The van der Waals surface area contributed by atoms with Crippen LogP contribution in [-0.2, 0) is 4.74 Å². The van der Waals surface area contributed by atoms with Crippen LogP contribution in [0.1, 0.15) is 45.4 Å². The Bertz CT molecular complexity index is 726. The predicted molar refractivity (Wildman–Crippen MR) is 101 cm³/mol. The highest BCUT2D eigenvalue weighted by atomic mass is 16.5. The van der Waals surface area contributed by atoms with Gasteiger partial charge in [-0.25, -0.2) is 0 Å². The topological polar surface area (TPSA) is 53.3 Å². The molecule has 1 heterocycles. The smallest absolute Gasteiger partial charge is 0.0954 e. The molecule has 6 aliphatic rings. The van der Waals surface area contributed by atoms with Crippen molar-refractivity contribution in [2.45, 2.75) is 51.0 Å². The second kappa shape index (κ2) is 5.11. The van der Waals surface area contributed by atoms with Crippen LogP contribution in [0.4, 0.5) is 0 Å². The second-order valence-electron chi connectivity index (χ2n) is 10.3. The molecule has 2 N–H and O–H groups in total.